The third kappa shape index (κ3) is 11.9. The van der Waals surface area contributed by atoms with Gasteiger partial charge in [0.2, 0.25) is 0 Å². The predicted octanol–water partition coefficient (Wildman–Crippen LogP) is 4.54. The first-order valence-electron chi connectivity index (χ1n) is 11.8. The number of halogens is 1. The second-order valence-electron chi connectivity index (χ2n) is 8.68. The molecule has 0 aromatic heterocycles. The van der Waals surface area contributed by atoms with Gasteiger partial charge in [-0.1, -0.05) is 0 Å². The van der Waals surface area contributed by atoms with Crippen molar-refractivity contribution in [3.05, 3.63) is 0 Å². The maximum absolute atomic E-state index is 4.15. The van der Waals surface area contributed by atoms with Crippen LogP contribution in [0.4, 0.5) is 0 Å². The summed E-state index contributed by atoms with van der Waals surface area (Å²) < 4.78 is 5.22. The normalized spacial score (nSPS) is 25.6. The van der Waals surface area contributed by atoms with Crippen molar-refractivity contribution in [3.8, 4) is 0 Å². The molecule has 2 saturated carbocycles. The van der Waals surface area contributed by atoms with Gasteiger partial charge >= 0.3 is 170 Å². The van der Waals surface area contributed by atoms with E-state index >= 15 is 0 Å². The molecule has 2 heteroatoms. The van der Waals surface area contributed by atoms with E-state index < -0.39 is 0 Å². The van der Waals surface area contributed by atoms with Gasteiger partial charge in [-0.05, 0) is 0 Å². The van der Waals surface area contributed by atoms with Gasteiger partial charge in [-0.2, -0.15) is 0 Å². The first kappa shape index (κ1) is 22.0. The van der Waals surface area contributed by atoms with E-state index in [9.17, 15) is 0 Å². The molecule has 0 aromatic carbocycles. The van der Waals surface area contributed by atoms with E-state index in [0.717, 1.165) is 9.97 Å². The van der Waals surface area contributed by atoms with Gasteiger partial charge in [-0.15, -0.1) is 0 Å². The van der Waals surface area contributed by atoms with Gasteiger partial charge in [0.15, 0.2) is 0 Å². The molecule has 2 rings (SSSR count). The van der Waals surface area contributed by atoms with E-state index in [4.69, 9.17) is 0 Å². The summed E-state index contributed by atoms with van der Waals surface area (Å²) in [6.45, 7) is 0. The van der Waals surface area contributed by atoms with Crippen molar-refractivity contribution >= 4 is 0 Å². The van der Waals surface area contributed by atoms with Crippen LogP contribution in [0.2, 0.25) is 0 Å². The third-order valence-corrected chi connectivity index (χ3v) is 9.63. The van der Waals surface area contributed by atoms with Crippen LogP contribution in [0.5, 0.6) is 0 Å². The molecule has 2 aliphatic rings. The van der Waals surface area contributed by atoms with Crippen LogP contribution in [-0.2, 0) is 0 Å². The van der Waals surface area contributed by atoms with Crippen LogP contribution in [0.25, 0.3) is 0 Å². The van der Waals surface area contributed by atoms with Crippen molar-refractivity contribution in [2.75, 3.05) is 0 Å². The standard InChI is InChI=1S/C23H45IN/c1-2-6-10-14-18-22(19-15-11-7-3-1)24-25-23-20-16-12-8-4-5-9-13-17-21-23/h22-23,25H,1-21H2/q-1. The van der Waals surface area contributed by atoms with Gasteiger partial charge in [-0.3, -0.25) is 0 Å². The van der Waals surface area contributed by atoms with E-state index in [2.05, 4.69) is 3.53 Å². The average Bonchev–Trinajstić information content (AvgIpc) is 2.67. The average molecular weight is 463 g/mol. The summed E-state index contributed by atoms with van der Waals surface area (Å²) in [5.41, 5.74) is 0. The fourth-order valence-electron chi connectivity index (χ4n) is 4.50. The fourth-order valence-corrected chi connectivity index (χ4v) is 7.64. The summed E-state index contributed by atoms with van der Waals surface area (Å²) in [5, 5.41) is 0. The minimum atomic E-state index is 0.218. The van der Waals surface area contributed by atoms with Gasteiger partial charge in [0.25, 0.3) is 0 Å². The predicted molar refractivity (Wildman–Crippen MR) is 108 cm³/mol. The zero-order chi connectivity index (χ0) is 17.4. The monoisotopic (exact) mass is 462 g/mol. The molecule has 0 saturated heterocycles. The molecule has 0 spiro atoms. The van der Waals surface area contributed by atoms with Crippen LogP contribution in [0.3, 0.4) is 0 Å². The summed E-state index contributed by atoms with van der Waals surface area (Å²) >= 11 is 0.218. The summed E-state index contributed by atoms with van der Waals surface area (Å²) in [7, 11) is 0. The molecule has 0 heterocycles. The first-order chi connectivity index (χ1) is 12.4. The zero-order valence-electron chi connectivity index (χ0n) is 16.9. The topological polar surface area (TPSA) is 12.0 Å². The Kier molecular flexibility index (Phi) is 13.8. The van der Waals surface area contributed by atoms with E-state index in [0.29, 0.717) is 0 Å². The van der Waals surface area contributed by atoms with Gasteiger partial charge in [0, 0.05) is 0 Å². The molecule has 0 aliphatic heterocycles. The van der Waals surface area contributed by atoms with Crippen molar-refractivity contribution < 1.29 is 21.5 Å². The molecule has 0 amide bonds. The third-order valence-electron chi connectivity index (χ3n) is 6.26. The van der Waals surface area contributed by atoms with E-state index in [1.807, 2.05) is 0 Å². The zero-order valence-corrected chi connectivity index (χ0v) is 19.0. The van der Waals surface area contributed by atoms with E-state index in [-0.39, 0.29) is 21.5 Å². The van der Waals surface area contributed by atoms with Crippen LogP contribution in [0.15, 0.2) is 0 Å². The number of rotatable bonds is 3. The van der Waals surface area contributed by atoms with Crippen LogP contribution in [0.1, 0.15) is 135 Å². The Bertz CT molecular complexity index is 270. The molecule has 0 radical (unpaired) electrons. The van der Waals surface area contributed by atoms with Crippen molar-refractivity contribution in [1.82, 2.24) is 3.53 Å². The molecule has 2 fully saturated rings. The molecular weight excluding hydrogens is 417 g/mol. The van der Waals surface area contributed by atoms with Gasteiger partial charge in [0.1, 0.15) is 0 Å². The Hall–Kier alpha value is 0.690. The number of hydrogen-bond donors (Lipinski definition) is 1. The second-order valence-corrected chi connectivity index (χ2v) is 11.7. The summed E-state index contributed by atoms with van der Waals surface area (Å²) in [5.74, 6) is 0. The number of hydrogen-bond acceptors (Lipinski definition) is 1. The first-order valence-corrected chi connectivity index (χ1v) is 14.2. The Morgan fingerprint density at radius 1 is 0.400 bits per heavy atom. The van der Waals surface area contributed by atoms with Crippen LogP contribution < -0.4 is 25.0 Å². The van der Waals surface area contributed by atoms with Crippen molar-refractivity contribution in [2.24, 2.45) is 0 Å². The minimum absolute atomic E-state index is 0.218. The number of alkyl halides is 1. The van der Waals surface area contributed by atoms with Crippen molar-refractivity contribution in [3.63, 3.8) is 0 Å². The van der Waals surface area contributed by atoms with Gasteiger partial charge in [0.05, 0.1) is 0 Å². The van der Waals surface area contributed by atoms with E-state index in [1.54, 1.807) is 0 Å². The quantitative estimate of drug-likeness (QED) is 0.369. The Balaban J connectivity index is 1.69. The van der Waals surface area contributed by atoms with Crippen molar-refractivity contribution in [1.29, 1.82) is 0 Å². The molecular formula is C23H45IN-. The van der Waals surface area contributed by atoms with E-state index in [1.165, 1.54) is 135 Å². The molecule has 0 unspecified atom stereocenters. The molecule has 150 valence electrons. The molecule has 25 heavy (non-hydrogen) atoms. The SMILES string of the molecule is C1CCCCCC([I-]NC2CCCCCCCCCC2)CCCCC1. The molecule has 2 aliphatic carbocycles. The molecule has 0 atom stereocenters. The molecule has 0 aromatic rings. The fraction of sp³-hybridized carbons (Fsp3) is 1.00. The number of nitrogens with one attached hydrogen (secondary N) is 1. The Labute approximate surface area is 169 Å². The van der Waals surface area contributed by atoms with Crippen LogP contribution >= 0.6 is 0 Å². The summed E-state index contributed by atoms with van der Waals surface area (Å²) in [6.07, 6.45) is 31.4. The van der Waals surface area contributed by atoms with Crippen molar-refractivity contribution in [2.45, 2.75) is 145 Å². The Morgan fingerprint density at radius 3 is 1.12 bits per heavy atom. The second kappa shape index (κ2) is 15.7. The molecule has 1 nitrogen and oxygen atoms in total. The van der Waals surface area contributed by atoms with Gasteiger partial charge < -0.3 is 0 Å². The Morgan fingerprint density at radius 2 is 0.720 bits per heavy atom. The summed E-state index contributed by atoms with van der Waals surface area (Å²) in [6, 6.07) is 0.868. The molecule has 1 N–H and O–H groups in total. The summed E-state index contributed by atoms with van der Waals surface area (Å²) in [4.78, 5) is 0. The van der Waals surface area contributed by atoms with Gasteiger partial charge in [-0.25, -0.2) is 0 Å². The maximum atomic E-state index is 4.15. The molecule has 0 bridgehead atoms. The van der Waals surface area contributed by atoms with Crippen LogP contribution in [0, 0.1) is 0 Å². The van der Waals surface area contributed by atoms with Crippen LogP contribution in [-0.4, -0.2) is 9.97 Å².